The normalized spacial score (nSPS) is 12.3. The Kier molecular flexibility index (Phi) is 37.6. The summed E-state index contributed by atoms with van der Waals surface area (Å²) in [7, 11) is 7.34. The van der Waals surface area contributed by atoms with Crippen LogP contribution in [0.1, 0.15) is 96.4 Å². The first-order chi connectivity index (χ1) is 23.4. The van der Waals surface area contributed by atoms with Crippen LogP contribution in [-0.4, -0.2) is 124 Å². The van der Waals surface area contributed by atoms with Gasteiger partial charge in [0.05, 0.1) is 36.3 Å². The number of carbonyl (C=O) groups is 3. The second-order valence-corrected chi connectivity index (χ2v) is 15.1. The molecule has 2 unspecified atom stereocenters. The van der Waals surface area contributed by atoms with Gasteiger partial charge in [-0.1, -0.05) is 71.5 Å². The fourth-order valence-electron chi connectivity index (χ4n) is 2.37. The van der Waals surface area contributed by atoms with E-state index in [9.17, 15) is 14.4 Å². The largest absolute Gasteiger partial charge is 0.463 e. The number of ether oxygens (including phenoxy) is 3. The lowest BCUT2D eigenvalue weighted by atomic mass is 9.89. The van der Waals surface area contributed by atoms with Crippen LogP contribution in [-0.2, 0) is 28.6 Å². The van der Waals surface area contributed by atoms with E-state index in [4.69, 9.17) is 56.0 Å². The summed E-state index contributed by atoms with van der Waals surface area (Å²) < 4.78 is 14.1. The molecule has 0 aliphatic heterocycles. The quantitative estimate of drug-likeness (QED) is 0.0436. The lowest BCUT2D eigenvalue weighted by Gasteiger charge is -2.25. The maximum absolute atomic E-state index is 11.6. The maximum Gasteiger partial charge on any atom is 0.337 e. The number of aliphatic hydroxyl groups is 2. The fourth-order valence-corrected chi connectivity index (χ4v) is 4.12. The molecule has 53 heavy (non-hydrogen) atoms. The van der Waals surface area contributed by atoms with Crippen molar-refractivity contribution < 1.29 is 38.8 Å². The zero-order valence-electron chi connectivity index (χ0n) is 32.7. The van der Waals surface area contributed by atoms with Gasteiger partial charge >= 0.3 is 23.6 Å². The molecular formula is C36H68N6O8S3. The van der Waals surface area contributed by atoms with Gasteiger partial charge in [0, 0.05) is 54.0 Å². The zero-order chi connectivity index (χ0) is 41.1. The predicted octanol–water partition coefficient (Wildman–Crippen LogP) is 6.89. The van der Waals surface area contributed by atoms with Crippen molar-refractivity contribution in [3.8, 4) is 6.07 Å². The van der Waals surface area contributed by atoms with Gasteiger partial charge in [0.1, 0.15) is 22.3 Å². The van der Waals surface area contributed by atoms with Gasteiger partial charge in [-0.25, -0.2) is 11.4 Å². The van der Waals surface area contributed by atoms with Crippen LogP contribution in [0, 0.1) is 23.3 Å². The molecule has 0 aromatic heterocycles. The molecule has 0 saturated heterocycles. The van der Waals surface area contributed by atoms with E-state index in [1.807, 2.05) is 42.0 Å². The first kappa shape index (κ1) is 61.8. The van der Waals surface area contributed by atoms with Crippen LogP contribution in [0.15, 0.2) is 22.9 Å². The highest BCUT2D eigenvalue weighted by molar-refractivity contribution is 8.24. The Balaban J connectivity index is -0.000000141. The monoisotopic (exact) mass is 808 g/mol. The van der Waals surface area contributed by atoms with E-state index in [0.717, 1.165) is 6.08 Å². The summed E-state index contributed by atoms with van der Waals surface area (Å²) in [4.78, 5) is 40.9. The highest BCUT2D eigenvalue weighted by Gasteiger charge is 2.33. The van der Waals surface area contributed by atoms with E-state index in [1.165, 1.54) is 11.8 Å². The number of nitriles is 1. The van der Waals surface area contributed by atoms with E-state index < -0.39 is 21.4 Å². The van der Waals surface area contributed by atoms with Crippen molar-refractivity contribution in [2.45, 2.75) is 112 Å². The van der Waals surface area contributed by atoms with Crippen molar-refractivity contribution in [1.82, 2.24) is 9.80 Å². The van der Waals surface area contributed by atoms with Crippen LogP contribution >= 0.6 is 36.2 Å². The second kappa shape index (κ2) is 32.2. The minimum Gasteiger partial charge on any atom is -0.463 e. The van der Waals surface area contributed by atoms with Gasteiger partial charge in [0.15, 0.2) is 5.54 Å². The standard InChI is InChI=1S/C10H16N4.C10H19NO3S.C9H17NO3S2.C5H8O2.2CH4/c1-6-9(3,8-11)13-14-10(4,7-2)12-5;1-10(2,7-8(15)11(3)4)9(13)14-6-5-12;1-9(2,7(12)13-6-5-11)15-8(14)10(3)4;1-3-5(6)7-4-2;;/h6-7H2,1-4H3;12H,5-7H2,1-4H3;11H,5-6H2,1-4H3;3H,1,4H2,2H3;2*1H4. The average Bonchev–Trinajstić information content (AvgIpc) is 3.08. The Hall–Kier alpha value is -3.22. The third kappa shape index (κ3) is 30.9. The Morgan fingerprint density at radius 2 is 1.36 bits per heavy atom. The molecular weight excluding hydrogens is 741 g/mol. The molecule has 0 radical (unpaired) electrons. The summed E-state index contributed by atoms with van der Waals surface area (Å²) in [6.07, 6.45) is 2.82. The Bertz CT molecular complexity index is 1140. The summed E-state index contributed by atoms with van der Waals surface area (Å²) in [6, 6.07) is 2.09. The van der Waals surface area contributed by atoms with Crippen LogP contribution in [0.25, 0.3) is 4.85 Å². The molecule has 0 fully saturated rings. The number of aliphatic hydroxyl groups excluding tert-OH is 2. The minimum atomic E-state index is -0.812. The number of thiocarbonyl (C=S) groups is 2. The highest BCUT2D eigenvalue weighted by Crippen LogP contribution is 2.28. The van der Waals surface area contributed by atoms with Gasteiger partial charge < -0.3 is 34.2 Å². The van der Waals surface area contributed by atoms with Gasteiger partial charge in [-0.05, 0) is 48.0 Å². The molecule has 0 heterocycles. The molecule has 0 saturated carbocycles. The lowest BCUT2D eigenvalue weighted by Crippen LogP contribution is -2.34. The molecule has 0 aliphatic rings. The molecule has 2 N–H and O–H groups in total. The molecule has 0 bridgehead atoms. The van der Waals surface area contributed by atoms with Gasteiger partial charge in [-0.3, -0.25) is 14.4 Å². The molecule has 17 heteroatoms. The molecule has 308 valence electrons. The van der Waals surface area contributed by atoms with Crippen molar-refractivity contribution >= 4 is 63.4 Å². The SMILES string of the molecule is C.C.C=CC(=O)OCC.CN(C)C(=S)CC(C)(C)C(=O)OCCO.CN(C)C(=S)SC(C)(C)C(=O)OCCO.[C-]#[N+]C(C)(CC)N=NC(C)(C#N)CC. The zero-order valence-corrected chi connectivity index (χ0v) is 35.1. The summed E-state index contributed by atoms with van der Waals surface area (Å²) in [5.74, 6) is -1.06. The molecule has 2 atom stereocenters. The van der Waals surface area contributed by atoms with Gasteiger partial charge in [0.2, 0.25) is 0 Å². The number of hydrogen-bond donors (Lipinski definition) is 2. The van der Waals surface area contributed by atoms with Gasteiger partial charge in [-0.2, -0.15) is 10.4 Å². The van der Waals surface area contributed by atoms with Crippen molar-refractivity contribution in [3.05, 3.63) is 24.1 Å². The summed E-state index contributed by atoms with van der Waals surface area (Å²) in [6.45, 7) is 26.3. The topological polar surface area (TPSA) is 179 Å². The van der Waals surface area contributed by atoms with Crippen molar-refractivity contribution in [3.63, 3.8) is 0 Å². The number of carbonyl (C=O) groups excluding carboxylic acids is 3. The van der Waals surface area contributed by atoms with Crippen molar-refractivity contribution in [1.29, 1.82) is 5.26 Å². The van der Waals surface area contributed by atoms with E-state index >= 15 is 0 Å². The van der Waals surface area contributed by atoms with Crippen LogP contribution in [0.2, 0.25) is 0 Å². The third-order valence-electron chi connectivity index (χ3n) is 6.27. The van der Waals surface area contributed by atoms with Crippen molar-refractivity contribution in [2.75, 3.05) is 61.2 Å². The summed E-state index contributed by atoms with van der Waals surface area (Å²) in [5.41, 5.74) is -2.25. The summed E-state index contributed by atoms with van der Waals surface area (Å²) in [5, 5.41) is 33.8. The smallest absolute Gasteiger partial charge is 0.337 e. The number of rotatable bonds is 15. The van der Waals surface area contributed by atoms with Crippen LogP contribution in [0.5, 0.6) is 0 Å². The minimum absolute atomic E-state index is 0. The lowest BCUT2D eigenvalue weighted by molar-refractivity contribution is -0.154. The highest BCUT2D eigenvalue weighted by atomic mass is 32.2. The molecule has 0 spiro atoms. The first-order valence-corrected chi connectivity index (χ1v) is 17.7. The number of hydrogen-bond acceptors (Lipinski definition) is 14. The van der Waals surface area contributed by atoms with Crippen LogP contribution in [0.4, 0.5) is 0 Å². The van der Waals surface area contributed by atoms with E-state index in [-0.39, 0.29) is 59.2 Å². The predicted molar refractivity (Wildman–Crippen MR) is 223 cm³/mol. The first-order valence-electron chi connectivity index (χ1n) is 16.1. The van der Waals surface area contributed by atoms with E-state index in [2.05, 4.69) is 32.5 Å². The summed E-state index contributed by atoms with van der Waals surface area (Å²) >= 11 is 11.5. The second-order valence-electron chi connectivity index (χ2n) is 12.4. The number of esters is 3. The molecule has 0 aliphatic carbocycles. The number of thioether (sulfide) groups is 1. The Morgan fingerprint density at radius 1 is 0.887 bits per heavy atom. The molecule has 0 aromatic carbocycles. The molecule has 0 aromatic rings. The van der Waals surface area contributed by atoms with Crippen LogP contribution < -0.4 is 0 Å². The third-order valence-corrected chi connectivity index (χ3v) is 8.61. The van der Waals surface area contributed by atoms with Gasteiger partial charge in [-0.15, -0.1) is 5.11 Å². The molecule has 0 amide bonds. The number of azo groups is 1. The van der Waals surface area contributed by atoms with Crippen LogP contribution in [0.3, 0.4) is 0 Å². The van der Waals surface area contributed by atoms with E-state index in [0.29, 0.717) is 35.2 Å². The number of nitrogens with zero attached hydrogens (tertiary/aromatic N) is 6. The average molecular weight is 809 g/mol. The maximum atomic E-state index is 11.6. The molecule has 14 nitrogen and oxygen atoms in total. The molecule has 0 rings (SSSR count). The van der Waals surface area contributed by atoms with Crippen molar-refractivity contribution in [2.24, 2.45) is 15.6 Å². The Labute approximate surface area is 335 Å². The fraction of sp³-hybridized carbons (Fsp3) is 0.750. The van der Waals surface area contributed by atoms with E-state index in [1.54, 1.807) is 58.3 Å². The Morgan fingerprint density at radius 3 is 1.66 bits per heavy atom. The van der Waals surface area contributed by atoms with Gasteiger partial charge in [0.25, 0.3) is 0 Å².